The monoisotopic (exact) mass is 486 g/mol. The molecule has 0 aliphatic carbocycles. The van der Waals surface area contributed by atoms with Crippen molar-refractivity contribution in [3.8, 4) is 6.07 Å². The molecule has 2 N–H and O–H groups in total. The number of halogens is 3. The summed E-state index contributed by atoms with van der Waals surface area (Å²) >= 11 is 0. The predicted octanol–water partition coefficient (Wildman–Crippen LogP) is 4.27. The van der Waals surface area contributed by atoms with Gasteiger partial charge in [0.1, 0.15) is 11.4 Å². The Kier molecular flexibility index (Phi) is 6.25. The maximum absolute atomic E-state index is 13.8. The first-order valence-electron chi connectivity index (χ1n) is 11.6. The standard InChI is InChI=1S/C24H25F3N6O2/c25-24(26,27)21(32-10-1-2-11-32)15-3-5-17(6-4-15)30-22-20-18(7-9-29-23(20)34)33(31-22)19-14-35-12-8-16(19)13-28/h3-7,9,16,19,21H,1-2,8,10-12,14H2,(H,29,34)(H,30,31)/t16-,19+,21-/m1/s1. The van der Waals surface area contributed by atoms with E-state index >= 15 is 0 Å². The molecule has 8 nitrogen and oxygen atoms in total. The lowest BCUT2D eigenvalue weighted by molar-refractivity contribution is -0.183. The predicted molar refractivity (Wildman–Crippen MR) is 123 cm³/mol. The van der Waals surface area contributed by atoms with Crippen molar-refractivity contribution in [2.45, 2.75) is 37.5 Å². The van der Waals surface area contributed by atoms with Crippen LogP contribution in [0.1, 0.15) is 36.9 Å². The molecule has 2 aromatic heterocycles. The van der Waals surface area contributed by atoms with Gasteiger partial charge in [0, 0.05) is 18.5 Å². The normalized spacial score (nSPS) is 22.2. The van der Waals surface area contributed by atoms with Gasteiger partial charge in [-0.05, 0) is 56.1 Å². The molecule has 0 radical (unpaired) electrons. The molecule has 4 heterocycles. The zero-order valence-corrected chi connectivity index (χ0v) is 18.9. The Balaban J connectivity index is 1.47. The molecule has 0 spiro atoms. The smallest absolute Gasteiger partial charge is 0.379 e. The second-order valence-electron chi connectivity index (χ2n) is 8.96. The zero-order valence-electron chi connectivity index (χ0n) is 18.9. The van der Waals surface area contributed by atoms with E-state index in [1.54, 1.807) is 22.9 Å². The highest BCUT2D eigenvalue weighted by atomic mass is 19.4. The van der Waals surface area contributed by atoms with Gasteiger partial charge >= 0.3 is 6.18 Å². The molecule has 3 aromatic rings. The minimum atomic E-state index is -4.37. The molecule has 0 saturated carbocycles. The van der Waals surface area contributed by atoms with Crippen molar-refractivity contribution in [1.29, 1.82) is 5.26 Å². The second-order valence-corrected chi connectivity index (χ2v) is 8.96. The van der Waals surface area contributed by atoms with Gasteiger partial charge in [-0.25, -0.2) is 0 Å². The molecular formula is C24H25F3N6O2. The van der Waals surface area contributed by atoms with Crippen LogP contribution in [0.25, 0.3) is 10.9 Å². The van der Waals surface area contributed by atoms with Crippen molar-refractivity contribution in [2.24, 2.45) is 5.92 Å². The molecule has 1 aromatic carbocycles. The number of alkyl halides is 3. The van der Waals surface area contributed by atoms with Gasteiger partial charge in [0.15, 0.2) is 5.82 Å². The molecule has 2 aliphatic rings. The number of nitrogens with one attached hydrogen (secondary N) is 2. The summed E-state index contributed by atoms with van der Waals surface area (Å²) in [5, 5.41) is 17.6. The van der Waals surface area contributed by atoms with Crippen LogP contribution in [-0.2, 0) is 4.74 Å². The summed E-state index contributed by atoms with van der Waals surface area (Å²) in [6.45, 7) is 1.63. The van der Waals surface area contributed by atoms with E-state index in [0.717, 1.165) is 12.8 Å². The van der Waals surface area contributed by atoms with E-state index in [9.17, 15) is 23.2 Å². The van der Waals surface area contributed by atoms with Gasteiger partial charge in [-0.2, -0.15) is 23.5 Å². The molecule has 184 valence electrons. The number of aromatic nitrogens is 3. The number of anilines is 2. The number of nitrogens with zero attached hydrogens (tertiary/aromatic N) is 4. The summed E-state index contributed by atoms with van der Waals surface area (Å²) in [6.07, 6.45) is -0.777. The Labute approximate surface area is 199 Å². The Morgan fingerprint density at radius 3 is 2.63 bits per heavy atom. The first kappa shape index (κ1) is 23.4. The molecule has 5 rings (SSSR count). The lowest BCUT2D eigenvalue weighted by atomic mass is 9.96. The van der Waals surface area contributed by atoms with Crippen LogP contribution >= 0.6 is 0 Å². The number of rotatable bonds is 5. The summed E-state index contributed by atoms with van der Waals surface area (Å²) in [6, 6.07) is 8.06. The quantitative estimate of drug-likeness (QED) is 0.559. The first-order chi connectivity index (χ1) is 16.9. The van der Waals surface area contributed by atoms with Gasteiger partial charge in [0.25, 0.3) is 5.56 Å². The SMILES string of the molecule is N#C[C@H]1CCOC[C@@H]1n1nc(Nc2ccc([C@@H](N3CCCC3)C(F)(F)F)cc2)c2c(=O)[nH]ccc21. The van der Waals surface area contributed by atoms with Crippen LogP contribution in [0.15, 0.2) is 41.3 Å². The van der Waals surface area contributed by atoms with Gasteiger partial charge in [-0.3, -0.25) is 14.4 Å². The first-order valence-corrected chi connectivity index (χ1v) is 11.6. The van der Waals surface area contributed by atoms with Crippen molar-refractivity contribution in [3.05, 3.63) is 52.4 Å². The lowest BCUT2D eigenvalue weighted by Crippen LogP contribution is -2.36. The van der Waals surface area contributed by atoms with Gasteiger partial charge < -0.3 is 15.0 Å². The molecule has 2 saturated heterocycles. The summed E-state index contributed by atoms with van der Waals surface area (Å²) in [5.74, 6) is -0.0491. The minimum absolute atomic E-state index is 0.175. The highest BCUT2D eigenvalue weighted by Gasteiger charge is 2.45. The number of H-pyrrole nitrogens is 1. The number of pyridine rings is 1. The third kappa shape index (κ3) is 4.51. The van der Waals surface area contributed by atoms with Crippen molar-refractivity contribution in [3.63, 3.8) is 0 Å². The molecule has 0 unspecified atom stereocenters. The van der Waals surface area contributed by atoms with Gasteiger partial charge in [-0.15, -0.1) is 0 Å². The number of nitriles is 1. The van der Waals surface area contributed by atoms with Crippen LogP contribution in [0.5, 0.6) is 0 Å². The largest absolute Gasteiger partial charge is 0.408 e. The summed E-state index contributed by atoms with van der Waals surface area (Å²) in [7, 11) is 0. The highest BCUT2D eigenvalue weighted by molar-refractivity contribution is 5.91. The Morgan fingerprint density at radius 2 is 1.94 bits per heavy atom. The Morgan fingerprint density at radius 1 is 1.20 bits per heavy atom. The zero-order chi connectivity index (χ0) is 24.6. The molecule has 3 atom stereocenters. The van der Waals surface area contributed by atoms with Crippen molar-refractivity contribution >= 4 is 22.4 Å². The molecule has 11 heteroatoms. The molecular weight excluding hydrogens is 461 g/mol. The average Bonchev–Trinajstić information content (AvgIpc) is 3.48. The van der Waals surface area contributed by atoms with E-state index < -0.39 is 12.2 Å². The molecule has 2 aliphatic heterocycles. The van der Waals surface area contributed by atoms with E-state index in [0.29, 0.717) is 49.3 Å². The number of hydrogen-bond acceptors (Lipinski definition) is 6. The van der Waals surface area contributed by atoms with E-state index in [4.69, 9.17) is 4.74 Å². The molecule has 0 bridgehead atoms. The fraction of sp³-hybridized carbons (Fsp3) is 0.458. The number of benzene rings is 1. The maximum Gasteiger partial charge on any atom is 0.408 e. The fourth-order valence-electron chi connectivity index (χ4n) is 5.05. The van der Waals surface area contributed by atoms with E-state index in [1.165, 1.54) is 23.2 Å². The number of fused-ring (bicyclic) bond motifs is 1. The number of likely N-dealkylation sites (tertiary alicyclic amines) is 1. The number of hydrogen-bond donors (Lipinski definition) is 2. The van der Waals surface area contributed by atoms with Gasteiger partial charge in [-0.1, -0.05) is 12.1 Å². The van der Waals surface area contributed by atoms with Crippen LogP contribution in [-0.4, -0.2) is 52.1 Å². The van der Waals surface area contributed by atoms with Crippen molar-refractivity contribution in [1.82, 2.24) is 19.7 Å². The molecule has 2 fully saturated rings. The number of aromatic amines is 1. The van der Waals surface area contributed by atoms with Crippen LogP contribution in [0.3, 0.4) is 0 Å². The van der Waals surface area contributed by atoms with Crippen LogP contribution in [0.4, 0.5) is 24.7 Å². The van der Waals surface area contributed by atoms with E-state index in [-0.39, 0.29) is 28.9 Å². The molecule has 0 amide bonds. The Bertz CT molecular complexity index is 1290. The highest BCUT2D eigenvalue weighted by Crippen LogP contribution is 2.40. The second kappa shape index (κ2) is 9.36. The van der Waals surface area contributed by atoms with Crippen LogP contribution in [0.2, 0.25) is 0 Å². The third-order valence-electron chi connectivity index (χ3n) is 6.74. The lowest BCUT2D eigenvalue weighted by Gasteiger charge is -2.29. The molecule has 35 heavy (non-hydrogen) atoms. The summed E-state index contributed by atoms with van der Waals surface area (Å²) in [5.41, 5.74) is 0.871. The van der Waals surface area contributed by atoms with Crippen LogP contribution < -0.4 is 10.9 Å². The van der Waals surface area contributed by atoms with Crippen molar-refractivity contribution < 1.29 is 17.9 Å². The summed E-state index contributed by atoms with van der Waals surface area (Å²) < 4.78 is 48.7. The fourth-order valence-corrected chi connectivity index (χ4v) is 5.05. The van der Waals surface area contributed by atoms with E-state index in [1.807, 2.05) is 0 Å². The van der Waals surface area contributed by atoms with Crippen LogP contribution in [0, 0.1) is 17.2 Å². The minimum Gasteiger partial charge on any atom is -0.379 e. The van der Waals surface area contributed by atoms with Gasteiger partial charge in [0.2, 0.25) is 0 Å². The summed E-state index contributed by atoms with van der Waals surface area (Å²) in [4.78, 5) is 16.8. The average molecular weight is 486 g/mol. The number of ether oxygens (including phenoxy) is 1. The Hall–Kier alpha value is -3.36. The maximum atomic E-state index is 13.8. The van der Waals surface area contributed by atoms with E-state index in [2.05, 4.69) is 21.5 Å². The third-order valence-corrected chi connectivity index (χ3v) is 6.74. The van der Waals surface area contributed by atoms with Gasteiger partial charge in [0.05, 0.1) is 30.2 Å². The van der Waals surface area contributed by atoms with Crippen molar-refractivity contribution in [2.75, 3.05) is 31.6 Å². The topological polar surface area (TPSA) is 99.0 Å².